The summed E-state index contributed by atoms with van der Waals surface area (Å²) in [6.45, 7) is 5.56. The van der Waals surface area contributed by atoms with Crippen LogP contribution in [0.1, 0.15) is 26.7 Å². The first-order valence-corrected chi connectivity index (χ1v) is 12.0. The van der Waals surface area contributed by atoms with E-state index in [9.17, 15) is 9.59 Å². The summed E-state index contributed by atoms with van der Waals surface area (Å²) in [5, 5.41) is 5.82. The van der Waals surface area contributed by atoms with Gasteiger partial charge in [0.1, 0.15) is 4.83 Å². The van der Waals surface area contributed by atoms with Gasteiger partial charge in [0.2, 0.25) is 5.91 Å². The SMILES string of the molecule is CCn1c(S[C@H](C)C(=O)NC[C@@H]2CCCO2)nc2scc(-c3ccccc3)c2c1=O. The molecule has 2 atom stereocenters. The second-order valence-corrected chi connectivity index (χ2v) is 9.45. The maximum atomic E-state index is 13.3. The Morgan fingerprint density at radius 2 is 2.20 bits per heavy atom. The number of ether oxygens (including phenoxy) is 1. The molecule has 1 aromatic carbocycles. The van der Waals surface area contributed by atoms with Gasteiger partial charge < -0.3 is 10.1 Å². The second kappa shape index (κ2) is 9.32. The molecule has 0 saturated carbocycles. The zero-order valence-electron chi connectivity index (χ0n) is 17.1. The number of carbonyl (C=O) groups is 1. The Kier molecular flexibility index (Phi) is 6.55. The average molecular weight is 444 g/mol. The third-order valence-corrected chi connectivity index (χ3v) is 7.20. The molecule has 3 aromatic rings. The van der Waals surface area contributed by atoms with Gasteiger partial charge in [-0.3, -0.25) is 14.2 Å². The van der Waals surface area contributed by atoms with Crippen molar-refractivity contribution < 1.29 is 9.53 Å². The van der Waals surface area contributed by atoms with Crippen LogP contribution >= 0.6 is 23.1 Å². The summed E-state index contributed by atoms with van der Waals surface area (Å²) < 4.78 is 7.23. The van der Waals surface area contributed by atoms with Crippen molar-refractivity contribution in [2.24, 2.45) is 0 Å². The van der Waals surface area contributed by atoms with Gasteiger partial charge in [0, 0.05) is 30.6 Å². The van der Waals surface area contributed by atoms with Crippen LogP contribution in [-0.2, 0) is 16.1 Å². The molecule has 6 nitrogen and oxygen atoms in total. The number of nitrogens with one attached hydrogen (secondary N) is 1. The predicted octanol–water partition coefficient (Wildman–Crippen LogP) is 3.92. The van der Waals surface area contributed by atoms with E-state index in [0.29, 0.717) is 28.5 Å². The van der Waals surface area contributed by atoms with Crippen molar-refractivity contribution in [1.29, 1.82) is 0 Å². The molecule has 30 heavy (non-hydrogen) atoms. The standard InChI is InChI=1S/C22H25N3O3S2/c1-3-25-21(27)18-17(15-8-5-4-6-9-15)13-29-20(18)24-22(25)30-14(2)19(26)23-12-16-10-7-11-28-16/h4-6,8-9,13-14,16H,3,7,10-12H2,1-2H3,(H,23,26)/t14-,16+/m1/s1. The summed E-state index contributed by atoms with van der Waals surface area (Å²) in [5.41, 5.74) is 1.86. The van der Waals surface area contributed by atoms with Crippen molar-refractivity contribution in [1.82, 2.24) is 14.9 Å². The maximum Gasteiger partial charge on any atom is 0.263 e. The number of thiophene rings is 1. The van der Waals surface area contributed by atoms with E-state index in [1.54, 1.807) is 4.57 Å². The fraction of sp³-hybridized carbons (Fsp3) is 0.409. The molecular formula is C22H25N3O3S2. The van der Waals surface area contributed by atoms with Gasteiger partial charge in [0.05, 0.1) is 16.7 Å². The minimum absolute atomic E-state index is 0.0583. The van der Waals surface area contributed by atoms with E-state index in [1.807, 2.05) is 49.6 Å². The second-order valence-electron chi connectivity index (χ2n) is 7.28. The molecule has 0 spiro atoms. The molecule has 1 aliphatic heterocycles. The number of hydrogen-bond donors (Lipinski definition) is 1. The van der Waals surface area contributed by atoms with E-state index in [2.05, 4.69) is 5.32 Å². The minimum atomic E-state index is -0.359. The van der Waals surface area contributed by atoms with Crippen LogP contribution in [0.4, 0.5) is 0 Å². The van der Waals surface area contributed by atoms with Gasteiger partial charge in [-0.15, -0.1) is 11.3 Å². The molecule has 1 N–H and O–H groups in total. The molecule has 8 heteroatoms. The number of aromatic nitrogens is 2. The molecule has 1 saturated heterocycles. The molecule has 4 rings (SSSR count). The smallest absolute Gasteiger partial charge is 0.263 e. The summed E-state index contributed by atoms with van der Waals surface area (Å²) >= 11 is 2.79. The van der Waals surface area contributed by atoms with Crippen molar-refractivity contribution in [2.75, 3.05) is 13.2 Å². The highest BCUT2D eigenvalue weighted by Crippen LogP contribution is 2.32. The van der Waals surface area contributed by atoms with Crippen molar-refractivity contribution in [3.63, 3.8) is 0 Å². The summed E-state index contributed by atoms with van der Waals surface area (Å²) in [7, 11) is 0. The third kappa shape index (κ3) is 4.31. The molecular weight excluding hydrogens is 418 g/mol. The van der Waals surface area contributed by atoms with Crippen LogP contribution < -0.4 is 10.9 Å². The average Bonchev–Trinajstić information content (AvgIpc) is 3.43. The molecule has 3 heterocycles. The zero-order valence-corrected chi connectivity index (χ0v) is 18.7. The van der Waals surface area contributed by atoms with E-state index in [0.717, 1.165) is 30.6 Å². The van der Waals surface area contributed by atoms with Crippen molar-refractivity contribution in [3.8, 4) is 11.1 Å². The first kappa shape index (κ1) is 21.1. The number of thioether (sulfide) groups is 1. The monoisotopic (exact) mass is 443 g/mol. The molecule has 158 valence electrons. The first-order chi connectivity index (χ1) is 14.6. The number of carbonyl (C=O) groups excluding carboxylic acids is 1. The third-order valence-electron chi connectivity index (χ3n) is 5.24. The van der Waals surface area contributed by atoms with E-state index < -0.39 is 0 Å². The lowest BCUT2D eigenvalue weighted by molar-refractivity contribution is -0.120. The van der Waals surface area contributed by atoms with Crippen molar-refractivity contribution in [3.05, 3.63) is 46.1 Å². The normalized spacial score (nSPS) is 17.3. The summed E-state index contributed by atoms with van der Waals surface area (Å²) in [4.78, 5) is 31.3. The number of rotatable bonds is 7. The van der Waals surface area contributed by atoms with E-state index >= 15 is 0 Å². The number of nitrogens with zero attached hydrogens (tertiary/aromatic N) is 2. The van der Waals surface area contributed by atoms with Crippen LogP contribution in [0.3, 0.4) is 0 Å². The summed E-state index contributed by atoms with van der Waals surface area (Å²) in [5.74, 6) is -0.0661. The fourth-order valence-corrected chi connectivity index (χ4v) is 5.57. The van der Waals surface area contributed by atoms with Gasteiger partial charge in [0.25, 0.3) is 5.56 Å². The number of benzene rings is 1. The van der Waals surface area contributed by atoms with Crippen LogP contribution in [0.2, 0.25) is 0 Å². The summed E-state index contributed by atoms with van der Waals surface area (Å²) in [6.07, 6.45) is 2.14. The van der Waals surface area contributed by atoms with Gasteiger partial charge in [-0.25, -0.2) is 4.98 Å². The Bertz CT molecular complexity index is 1090. The largest absolute Gasteiger partial charge is 0.376 e. The molecule has 1 fully saturated rings. The number of hydrogen-bond acceptors (Lipinski definition) is 6. The van der Waals surface area contributed by atoms with Gasteiger partial charge in [0.15, 0.2) is 5.16 Å². The Morgan fingerprint density at radius 3 is 2.90 bits per heavy atom. The van der Waals surface area contributed by atoms with Gasteiger partial charge in [-0.2, -0.15) is 0 Å². The van der Waals surface area contributed by atoms with Gasteiger partial charge in [-0.05, 0) is 32.3 Å². The molecule has 0 radical (unpaired) electrons. The van der Waals surface area contributed by atoms with Gasteiger partial charge in [-0.1, -0.05) is 42.1 Å². The molecule has 0 unspecified atom stereocenters. The van der Waals surface area contributed by atoms with Crippen LogP contribution in [0, 0.1) is 0 Å². The van der Waals surface area contributed by atoms with Crippen LogP contribution in [0.5, 0.6) is 0 Å². The molecule has 1 aliphatic rings. The Hall–Kier alpha value is -2.16. The molecule has 0 aliphatic carbocycles. The Balaban J connectivity index is 1.58. The minimum Gasteiger partial charge on any atom is -0.376 e. The maximum absolute atomic E-state index is 13.3. The lowest BCUT2D eigenvalue weighted by Crippen LogP contribution is -2.36. The highest BCUT2D eigenvalue weighted by molar-refractivity contribution is 8.00. The Labute approximate surface area is 183 Å². The van der Waals surface area contributed by atoms with Crippen LogP contribution in [0.25, 0.3) is 21.3 Å². The van der Waals surface area contributed by atoms with Crippen LogP contribution in [0.15, 0.2) is 45.7 Å². The lowest BCUT2D eigenvalue weighted by Gasteiger charge is -2.16. The topological polar surface area (TPSA) is 73.2 Å². The first-order valence-electron chi connectivity index (χ1n) is 10.2. The Morgan fingerprint density at radius 1 is 1.40 bits per heavy atom. The van der Waals surface area contributed by atoms with Crippen LogP contribution in [-0.4, -0.2) is 40.0 Å². The number of fused-ring (bicyclic) bond motifs is 1. The van der Waals surface area contributed by atoms with Crippen molar-refractivity contribution in [2.45, 2.75) is 49.7 Å². The van der Waals surface area contributed by atoms with Gasteiger partial charge >= 0.3 is 0 Å². The molecule has 0 bridgehead atoms. The highest BCUT2D eigenvalue weighted by atomic mass is 32.2. The number of amides is 1. The van der Waals surface area contributed by atoms with Crippen molar-refractivity contribution >= 4 is 39.2 Å². The van der Waals surface area contributed by atoms with E-state index in [4.69, 9.17) is 9.72 Å². The molecule has 1 amide bonds. The predicted molar refractivity (Wildman–Crippen MR) is 122 cm³/mol. The summed E-state index contributed by atoms with van der Waals surface area (Å²) in [6, 6.07) is 9.89. The molecule has 2 aromatic heterocycles. The fourth-order valence-electron chi connectivity index (χ4n) is 3.58. The van der Waals surface area contributed by atoms with E-state index in [-0.39, 0.29) is 22.8 Å². The highest BCUT2D eigenvalue weighted by Gasteiger charge is 2.22. The van der Waals surface area contributed by atoms with E-state index in [1.165, 1.54) is 23.1 Å². The zero-order chi connectivity index (χ0) is 21.1. The lowest BCUT2D eigenvalue weighted by atomic mass is 10.1. The quantitative estimate of drug-likeness (QED) is 0.443.